The molecule has 0 fully saturated rings. The summed E-state index contributed by atoms with van der Waals surface area (Å²) in [6.07, 6.45) is 1.60. The van der Waals surface area contributed by atoms with Gasteiger partial charge in [0.1, 0.15) is 11.6 Å². The summed E-state index contributed by atoms with van der Waals surface area (Å²) in [4.78, 5) is 15.6. The maximum Gasteiger partial charge on any atom is 0.329 e. The van der Waals surface area contributed by atoms with E-state index in [1.54, 1.807) is 45.2 Å². The lowest BCUT2D eigenvalue weighted by molar-refractivity contribution is -0.156. The molecule has 4 heteroatoms. The van der Waals surface area contributed by atoms with Crippen molar-refractivity contribution < 1.29 is 9.53 Å². The number of ether oxygens (including phenoxy) is 1. The first-order valence-electron chi connectivity index (χ1n) is 4.79. The lowest BCUT2D eigenvalue weighted by atomic mass is 10.1. The molecule has 0 aromatic carbocycles. The summed E-state index contributed by atoms with van der Waals surface area (Å²) < 4.78 is 5.15. The Morgan fingerprint density at radius 2 is 2.13 bits per heavy atom. The predicted octanol–water partition coefficient (Wildman–Crippen LogP) is 1.42. The van der Waals surface area contributed by atoms with Crippen molar-refractivity contribution in [2.75, 3.05) is 0 Å². The number of hydrogen-bond acceptors (Lipinski definition) is 4. The van der Waals surface area contributed by atoms with E-state index in [-0.39, 0.29) is 0 Å². The lowest BCUT2D eigenvalue weighted by Gasteiger charge is -2.21. The fraction of sp³-hybridized carbons (Fsp3) is 0.455. The molecule has 1 aromatic heterocycles. The zero-order valence-electron chi connectivity index (χ0n) is 9.23. The number of esters is 1. The molecule has 0 aliphatic carbocycles. The van der Waals surface area contributed by atoms with Gasteiger partial charge in [-0.3, -0.25) is 4.98 Å². The molecule has 1 aromatic rings. The van der Waals surface area contributed by atoms with Crippen LogP contribution in [-0.2, 0) is 9.53 Å². The van der Waals surface area contributed by atoms with Gasteiger partial charge in [-0.2, -0.15) is 0 Å². The van der Waals surface area contributed by atoms with Crippen molar-refractivity contribution in [3.8, 4) is 0 Å². The van der Waals surface area contributed by atoms with Crippen LogP contribution in [0.4, 0.5) is 0 Å². The van der Waals surface area contributed by atoms with E-state index < -0.39 is 17.6 Å². The van der Waals surface area contributed by atoms with Gasteiger partial charge in [-0.1, -0.05) is 6.07 Å². The van der Waals surface area contributed by atoms with Gasteiger partial charge in [0.2, 0.25) is 0 Å². The van der Waals surface area contributed by atoms with Crippen LogP contribution in [0.1, 0.15) is 32.5 Å². The molecule has 1 rings (SSSR count). The molecule has 0 bridgehead atoms. The third-order valence-electron chi connectivity index (χ3n) is 1.67. The molecule has 15 heavy (non-hydrogen) atoms. The Bertz CT molecular complexity index is 330. The molecular weight excluding hydrogens is 192 g/mol. The largest absolute Gasteiger partial charge is 0.459 e. The number of pyridine rings is 1. The van der Waals surface area contributed by atoms with Crippen molar-refractivity contribution in [2.45, 2.75) is 32.4 Å². The Kier molecular flexibility index (Phi) is 3.42. The first kappa shape index (κ1) is 11.7. The molecule has 1 heterocycles. The molecule has 0 amide bonds. The highest BCUT2D eigenvalue weighted by Gasteiger charge is 2.23. The second-order valence-corrected chi connectivity index (χ2v) is 4.27. The molecule has 1 atom stereocenters. The second kappa shape index (κ2) is 4.40. The summed E-state index contributed by atoms with van der Waals surface area (Å²) in [6, 6.07) is 4.44. The normalized spacial score (nSPS) is 13.3. The fourth-order valence-electron chi connectivity index (χ4n) is 1.05. The Hall–Kier alpha value is -1.42. The Labute approximate surface area is 89.5 Å². The van der Waals surface area contributed by atoms with E-state index in [1.807, 2.05) is 0 Å². The van der Waals surface area contributed by atoms with Gasteiger partial charge in [0.25, 0.3) is 0 Å². The molecule has 1 unspecified atom stereocenters. The zero-order chi connectivity index (χ0) is 11.5. The van der Waals surface area contributed by atoms with Crippen LogP contribution in [0.25, 0.3) is 0 Å². The van der Waals surface area contributed by atoms with Crippen LogP contribution < -0.4 is 5.73 Å². The average Bonchev–Trinajstić information content (AvgIpc) is 2.15. The number of hydrogen-bond donors (Lipinski definition) is 1. The van der Waals surface area contributed by atoms with Gasteiger partial charge >= 0.3 is 5.97 Å². The number of rotatable bonds is 2. The number of carbonyl (C=O) groups excluding carboxylic acids is 1. The van der Waals surface area contributed by atoms with E-state index in [9.17, 15) is 4.79 Å². The van der Waals surface area contributed by atoms with Gasteiger partial charge in [0.15, 0.2) is 0 Å². The van der Waals surface area contributed by atoms with Crippen molar-refractivity contribution in [1.82, 2.24) is 4.98 Å². The maximum absolute atomic E-state index is 11.6. The summed E-state index contributed by atoms with van der Waals surface area (Å²) >= 11 is 0. The minimum Gasteiger partial charge on any atom is -0.459 e. The maximum atomic E-state index is 11.6. The van der Waals surface area contributed by atoms with E-state index in [2.05, 4.69) is 4.98 Å². The minimum absolute atomic E-state index is 0.457. The molecule has 4 nitrogen and oxygen atoms in total. The van der Waals surface area contributed by atoms with E-state index in [4.69, 9.17) is 10.5 Å². The van der Waals surface area contributed by atoms with Crippen molar-refractivity contribution in [3.05, 3.63) is 30.1 Å². The van der Waals surface area contributed by atoms with E-state index in [0.717, 1.165) is 0 Å². The van der Waals surface area contributed by atoms with Crippen LogP contribution in [0.2, 0.25) is 0 Å². The Morgan fingerprint density at radius 3 is 2.60 bits per heavy atom. The molecule has 2 N–H and O–H groups in total. The van der Waals surface area contributed by atoms with Crippen molar-refractivity contribution in [2.24, 2.45) is 5.73 Å². The average molecular weight is 208 g/mol. The van der Waals surface area contributed by atoms with Crippen LogP contribution >= 0.6 is 0 Å². The van der Waals surface area contributed by atoms with Crippen LogP contribution in [0.5, 0.6) is 0 Å². The van der Waals surface area contributed by atoms with Crippen LogP contribution in [0, 0.1) is 0 Å². The number of carbonyl (C=O) groups is 1. The zero-order valence-corrected chi connectivity index (χ0v) is 9.23. The molecule has 0 aliphatic heterocycles. The van der Waals surface area contributed by atoms with E-state index >= 15 is 0 Å². The van der Waals surface area contributed by atoms with Gasteiger partial charge in [-0.05, 0) is 32.9 Å². The van der Waals surface area contributed by atoms with Crippen molar-refractivity contribution in [1.29, 1.82) is 0 Å². The highest BCUT2D eigenvalue weighted by molar-refractivity contribution is 5.77. The second-order valence-electron chi connectivity index (χ2n) is 4.27. The first-order valence-corrected chi connectivity index (χ1v) is 4.79. The van der Waals surface area contributed by atoms with E-state index in [0.29, 0.717) is 5.69 Å². The molecule has 0 saturated carbocycles. The summed E-state index contributed by atoms with van der Waals surface area (Å²) in [6.45, 7) is 5.40. The van der Waals surface area contributed by atoms with Gasteiger partial charge in [0, 0.05) is 6.20 Å². The topological polar surface area (TPSA) is 65.2 Å². The molecular formula is C11H16N2O2. The molecule has 0 spiro atoms. The third-order valence-corrected chi connectivity index (χ3v) is 1.67. The summed E-state index contributed by atoms with van der Waals surface area (Å²) in [5.41, 5.74) is 5.70. The van der Waals surface area contributed by atoms with Gasteiger partial charge < -0.3 is 10.5 Å². The molecule has 82 valence electrons. The smallest absolute Gasteiger partial charge is 0.329 e. The molecule has 0 aliphatic rings. The van der Waals surface area contributed by atoms with Crippen LogP contribution in [0.3, 0.4) is 0 Å². The monoisotopic (exact) mass is 208 g/mol. The minimum atomic E-state index is -0.814. The van der Waals surface area contributed by atoms with E-state index in [1.165, 1.54) is 0 Å². The molecule has 0 saturated heterocycles. The Balaban J connectivity index is 2.70. The summed E-state index contributed by atoms with van der Waals surface area (Å²) in [7, 11) is 0. The van der Waals surface area contributed by atoms with Crippen molar-refractivity contribution >= 4 is 5.97 Å². The standard InChI is InChI=1S/C11H16N2O2/c1-11(2,3)15-10(14)9(12)8-6-4-5-7-13-8/h4-7,9H,12H2,1-3H3. The highest BCUT2D eigenvalue weighted by Crippen LogP contribution is 2.14. The Morgan fingerprint density at radius 1 is 1.47 bits per heavy atom. The highest BCUT2D eigenvalue weighted by atomic mass is 16.6. The predicted molar refractivity (Wildman–Crippen MR) is 57.0 cm³/mol. The van der Waals surface area contributed by atoms with Gasteiger partial charge in [0.05, 0.1) is 5.69 Å². The van der Waals surface area contributed by atoms with Crippen LogP contribution in [0.15, 0.2) is 24.4 Å². The van der Waals surface area contributed by atoms with Crippen LogP contribution in [-0.4, -0.2) is 16.6 Å². The summed E-state index contributed by atoms with van der Waals surface area (Å²) in [5.74, 6) is -0.457. The third kappa shape index (κ3) is 3.67. The van der Waals surface area contributed by atoms with Gasteiger partial charge in [-0.15, -0.1) is 0 Å². The number of nitrogens with zero attached hydrogens (tertiary/aromatic N) is 1. The van der Waals surface area contributed by atoms with Gasteiger partial charge in [-0.25, -0.2) is 4.79 Å². The first-order chi connectivity index (χ1) is 6.90. The molecule has 0 radical (unpaired) electrons. The number of nitrogens with two attached hydrogens (primary N) is 1. The van der Waals surface area contributed by atoms with Crippen molar-refractivity contribution in [3.63, 3.8) is 0 Å². The number of aromatic nitrogens is 1. The lowest BCUT2D eigenvalue weighted by Crippen LogP contribution is -2.31. The fourth-order valence-corrected chi connectivity index (χ4v) is 1.05. The summed E-state index contributed by atoms with van der Waals surface area (Å²) in [5, 5.41) is 0. The quantitative estimate of drug-likeness (QED) is 0.746. The SMILES string of the molecule is CC(C)(C)OC(=O)C(N)c1ccccn1.